The molecule has 0 spiro atoms. The zero-order valence-corrected chi connectivity index (χ0v) is 13.3. The molecule has 6 nitrogen and oxygen atoms in total. The molecular formula is C14H13Cl2N3O3. The summed E-state index contributed by atoms with van der Waals surface area (Å²) in [4.78, 5) is 23.6. The number of amides is 3. The zero-order chi connectivity index (χ0) is 16.3. The molecule has 116 valence electrons. The second kappa shape index (κ2) is 6.72. The molecule has 0 aliphatic heterocycles. The van der Waals surface area contributed by atoms with Gasteiger partial charge in [0.15, 0.2) is 0 Å². The molecule has 3 amide bonds. The summed E-state index contributed by atoms with van der Waals surface area (Å²) in [6.45, 7) is 3.39. The van der Waals surface area contributed by atoms with Crippen molar-refractivity contribution in [3.63, 3.8) is 0 Å². The highest BCUT2D eigenvalue weighted by atomic mass is 35.5. The molecule has 0 aliphatic rings. The van der Waals surface area contributed by atoms with Crippen molar-refractivity contribution < 1.29 is 14.0 Å². The van der Waals surface area contributed by atoms with Gasteiger partial charge in [0.1, 0.15) is 11.5 Å². The van der Waals surface area contributed by atoms with E-state index in [-0.39, 0.29) is 5.02 Å². The van der Waals surface area contributed by atoms with Crippen LogP contribution in [0.25, 0.3) is 0 Å². The fraction of sp³-hybridized carbons (Fsp3) is 0.143. The minimum absolute atomic E-state index is 0.287. The first-order chi connectivity index (χ1) is 10.4. The summed E-state index contributed by atoms with van der Waals surface area (Å²) in [5.41, 5.74) is 5.22. The van der Waals surface area contributed by atoms with Crippen LogP contribution >= 0.6 is 23.2 Å². The minimum Gasteiger partial charge on any atom is -0.466 e. The number of halogens is 2. The molecular weight excluding hydrogens is 329 g/mol. The van der Waals surface area contributed by atoms with E-state index in [4.69, 9.17) is 27.6 Å². The molecule has 0 aliphatic carbocycles. The van der Waals surface area contributed by atoms with Crippen LogP contribution in [0.2, 0.25) is 10.0 Å². The molecule has 0 saturated carbocycles. The fourth-order valence-electron chi connectivity index (χ4n) is 1.78. The monoisotopic (exact) mass is 341 g/mol. The highest BCUT2D eigenvalue weighted by Gasteiger charge is 2.14. The van der Waals surface area contributed by atoms with Crippen LogP contribution in [0.4, 0.5) is 10.5 Å². The highest BCUT2D eigenvalue weighted by molar-refractivity contribution is 6.36. The Morgan fingerprint density at radius 1 is 1.09 bits per heavy atom. The number of urea groups is 1. The van der Waals surface area contributed by atoms with Crippen molar-refractivity contribution in [3.05, 3.63) is 51.4 Å². The average molecular weight is 342 g/mol. The second-order valence-corrected chi connectivity index (χ2v) is 5.33. The molecule has 0 saturated heterocycles. The Morgan fingerprint density at radius 2 is 1.82 bits per heavy atom. The van der Waals surface area contributed by atoms with Crippen LogP contribution in [0, 0.1) is 13.8 Å². The molecule has 22 heavy (non-hydrogen) atoms. The third-order valence-corrected chi connectivity index (χ3v) is 3.30. The number of hydrogen-bond donors (Lipinski definition) is 3. The van der Waals surface area contributed by atoms with Gasteiger partial charge in [0.05, 0.1) is 16.3 Å². The Kier molecular flexibility index (Phi) is 4.95. The molecule has 1 aromatic heterocycles. The van der Waals surface area contributed by atoms with Crippen LogP contribution in [0.1, 0.15) is 21.9 Å². The fourth-order valence-corrected chi connectivity index (χ4v) is 2.24. The quantitative estimate of drug-likeness (QED) is 0.728. The normalized spacial score (nSPS) is 10.2. The number of aryl methyl sites for hydroxylation is 2. The molecule has 0 unspecified atom stereocenters. The van der Waals surface area contributed by atoms with Crippen molar-refractivity contribution in [2.24, 2.45) is 0 Å². The summed E-state index contributed by atoms with van der Waals surface area (Å²) in [6, 6.07) is 5.57. The first-order valence-electron chi connectivity index (χ1n) is 6.26. The van der Waals surface area contributed by atoms with Crippen molar-refractivity contribution in [1.29, 1.82) is 0 Å². The summed E-state index contributed by atoms with van der Waals surface area (Å²) in [5, 5.41) is 3.23. The number of hydrazine groups is 1. The van der Waals surface area contributed by atoms with E-state index in [1.54, 1.807) is 32.0 Å². The maximum atomic E-state index is 11.9. The van der Waals surface area contributed by atoms with E-state index in [2.05, 4.69) is 16.2 Å². The van der Waals surface area contributed by atoms with Crippen LogP contribution in [-0.2, 0) is 0 Å². The molecule has 1 aromatic carbocycles. The van der Waals surface area contributed by atoms with Gasteiger partial charge >= 0.3 is 6.03 Å². The molecule has 0 atom stereocenters. The van der Waals surface area contributed by atoms with Crippen molar-refractivity contribution in [1.82, 2.24) is 10.9 Å². The number of benzene rings is 1. The molecule has 8 heteroatoms. The van der Waals surface area contributed by atoms with E-state index in [1.165, 1.54) is 6.07 Å². The smallest absolute Gasteiger partial charge is 0.337 e. The number of furan rings is 1. The Balaban J connectivity index is 1.92. The maximum Gasteiger partial charge on any atom is 0.337 e. The predicted molar refractivity (Wildman–Crippen MR) is 84.3 cm³/mol. The summed E-state index contributed by atoms with van der Waals surface area (Å²) in [6.07, 6.45) is 0. The van der Waals surface area contributed by atoms with Crippen molar-refractivity contribution in [3.8, 4) is 0 Å². The van der Waals surface area contributed by atoms with Gasteiger partial charge in [-0.15, -0.1) is 0 Å². The van der Waals surface area contributed by atoms with Gasteiger partial charge in [0.25, 0.3) is 5.91 Å². The first-order valence-corrected chi connectivity index (χ1v) is 7.02. The summed E-state index contributed by atoms with van der Waals surface area (Å²) in [5.74, 6) is 0.602. The number of carbonyl (C=O) groups is 2. The van der Waals surface area contributed by atoms with Gasteiger partial charge in [-0.1, -0.05) is 23.2 Å². The molecule has 2 rings (SSSR count). The van der Waals surface area contributed by atoms with Gasteiger partial charge in [-0.2, -0.15) is 0 Å². The van der Waals surface area contributed by atoms with Crippen LogP contribution in [0.5, 0.6) is 0 Å². The Hall–Kier alpha value is -2.18. The summed E-state index contributed by atoms with van der Waals surface area (Å²) >= 11 is 11.7. The van der Waals surface area contributed by atoms with E-state index in [9.17, 15) is 9.59 Å². The zero-order valence-electron chi connectivity index (χ0n) is 11.8. The molecule has 2 aromatic rings. The van der Waals surface area contributed by atoms with Crippen molar-refractivity contribution in [2.45, 2.75) is 13.8 Å². The Labute approximate surface area is 136 Å². The van der Waals surface area contributed by atoms with Crippen molar-refractivity contribution in [2.75, 3.05) is 5.32 Å². The Morgan fingerprint density at radius 3 is 2.41 bits per heavy atom. The van der Waals surface area contributed by atoms with E-state index >= 15 is 0 Å². The number of hydrogen-bond acceptors (Lipinski definition) is 3. The van der Waals surface area contributed by atoms with Gasteiger partial charge in [0, 0.05) is 5.02 Å². The average Bonchev–Trinajstić information content (AvgIpc) is 2.78. The van der Waals surface area contributed by atoms with Gasteiger partial charge in [0.2, 0.25) is 0 Å². The molecule has 3 N–H and O–H groups in total. The third kappa shape index (κ3) is 3.93. The van der Waals surface area contributed by atoms with Crippen LogP contribution < -0.4 is 16.2 Å². The van der Waals surface area contributed by atoms with E-state index < -0.39 is 11.9 Å². The SMILES string of the molecule is Cc1cc(C(=O)NNC(=O)Nc2ccc(Cl)cc2Cl)c(C)o1. The van der Waals surface area contributed by atoms with Gasteiger partial charge in [-0.05, 0) is 38.1 Å². The largest absolute Gasteiger partial charge is 0.466 e. The molecule has 0 fully saturated rings. The van der Waals surface area contributed by atoms with Crippen LogP contribution in [-0.4, -0.2) is 11.9 Å². The number of nitrogens with one attached hydrogen (secondary N) is 3. The lowest BCUT2D eigenvalue weighted by molar-refractivity contribution is 0.0936. The van der Waals surface area contributed by atoms with Crippen LogP contribution in [0.3, 0.4) is 0 Å². The first kappa shape index (κ1) is 16.2. The minimum atomic E-state index is -0.643. The lowest BCUT2D eigenvalue weighted by Crippen LogP contribution is -2.44. The molecule has 1 heterocycles. The second-order valence-electron chi connectivity index (χ2n) is 4.48. The van der Waals surface area contributed by atoms with E-state index in [0.717, 1.165) is 0 Å². The van der Waals surface area contributed by atoms with Crippen molar-refractivity contribution >= 4 is 40.8 Å². The standard InChI is InChI=1S/C14H13Cl2N3O3/c1-7-5-10(8(2)22-7)13(20)18-19-14(21)17-12-4-3-9(15)6-11(12)16/h3-6H,1-2H3,(H,18,20)(H2,17,19,21). The van der Waals surface area contributed by atoms with Crippen LogP contribution in [0.15, 0.2) is 28.7 Å². The number of anilines is 1. The predicted octanol–water partition coefficient (Wildman–Crippen LogP) is 3.67. The van der Waals surface area contributed by atoms with E-state index in [1.807, 2.05) is 0 Å². The van der Waals surface area contributed by atoms with Gasteiger partial charge < -0.3 is 9.73 Å². The lowest BCUT2D eigenvalue weighted by atomic mass is 10.2. The summed E-state index contributed by atoms with van der Waals surface area (Å²) in [7, 11) is 0. The topological polar surface area (TPSA) is 83.4 Å². The highest BCUT2D eigenvalue weighted by Crippen LogP contribution is 2.25. The lowest BCUT2D eigenvalue weighted by Gasteiger charge is -2.10. The van der Waals surface area contributed by atoms with Gasteiger partial charge in [-0.25, -0.2) is 10.2 Å². The van der Waals surface area contributed by atoms with E-state index in [0.29, 0.717) is 27.8 Å². The Bertz CT molecular complexity index is 728. The van der Waals surface area contributed by atoms with Gasteiger partial charge in [-0.3, -0.25) is 10.2 Å². The molecule has 0 bridgehead atoms. The summed E-state index contributed by atoms with van der Waals surface area (Å²) < 4.78 is 5.25. The maximum absolute atomic E-state index is 11.9. The number of rotatable bonds is 2. The molecule has 0 radical (unpaired) electrons. The number of carbonyl (C=O) groups excluding carboxylic acids is 2. The third-order valence-electron chi connectivity index (χ3n) is 2.75.